The van der Waals surface area contributed by atoms with Gasteiger partial charge in [-0.3, -0.25) is 4.79 Å². The van der Waals surface area contributed by atoms with Gasteiger partial charge < -0.3 is 9.47 Å². The van der Waals surface area contributed by atoms with Crippen molar-refractivity contribution in [2.45, 2.75) is 39.1 Å². The van der Waals surface area contributed by atoms with Crippen molar-refractivity contribution in [3.05, 3.63) is 12.2 Å². The Labute approximate surface area is 78.7 Å². The minimum Gasteiger partial charge on any atom is -0.348 e. The quantitative estimate of drug-likeness (QED) is 0.626. The number of hydrogen-bond donors (Lipinski definition) is 0. The zero-order valence-corrected chi connectivity index (χ0v) is 8.37. The van der Waals surface area contributed by atoms with Crippen LogP contribution in [0.4, 0.5) is 0 Å². The number of rotatable bonds is 3. The molecule has 0 spiro atoms. The number of ether oxygens (including phenoxy) is 2. The lowest BCUT2D eigenvalue weighted by Crippen LogP contribution is -2.21. The molecule has 0 aromatic carbocycles. The van der Waals surface area contributed by atoms with Crippen LogP contribution >= 0.6 is 0 Å². The van der Waals surface area contributed by atoms with E-state index in [4.69, 9.17) is 9.47 Å². The summed E-state index contributed by atoms with van der Waals surface area (Å²) in [6.45, 7) is 5.92. The Morgan fingerprint density at radius 2 is 2.31 bits per heavy atom. The Balaban J connectivity index is 2.29. The molecule has 1 rings (SSSR count). The van der Waals surface area contributed by atoms with Crippen LogP contribution in [0.2, 0.25) is 0 Å². The first-order valence-electron chi connectivity index (χ1n) is 4.48. The van der Waals surface area contributed by atoms with Crippen LogP contribution in [0.5, 0.6) is 0 Å². The summed E-state index contributed by atoms with van der Waals surface area (Å²) in [5, 5.41) is 0. The molecule has 74 valence electrons. The van der Waals surface area contributed by atoms with Gasteiger partial charge in [0.05, 0.1) is 12.7 Å². The van der Waals surface area contributed by atoms with Crippen molar-refractivity contribution in [2.75, 3.05) is 6.61 Å². The first kappa shape index (κ1) is 10.4. The van der Waals surface area contributed by atoms with Gasteiger partial charge in [-0.15, -0.1) is 0 Å². The summed E-state index contributed by atoms with van der Waals surface area (Å²) in [6, 6.07) is 0. The number of allylic oxidation sites excluding steroid dienone is 1. The molecule has 0 saturated carbocycles. The molecule has 3 nitrogen and oxygen atoms in total. The van der Waals surface area contributed by atoms with Crippen LogP contribution in [-0.4, -0.2) is 24.3 Å². The van der Waals surface area contributed by atoms with E-state index < -0.39 is 5.79 Å². The van der Waals surface area contributed by atoms with Gasteiger partial charge in [-0.2, -0.15) is 0 Å². The van der Waals surface area contributed by atoms with E-state index in [0.29, 0.717) is 6.61 Å². The van der Waals surface area contributed by atoms with Crippen molar-refractivity contribution in [2.24, 2.45) is 0 Å². The van der Waals surface area contributed by atoms with Gasteiger partial charge in [0.15, 0.2) is 11.6 Å². The summed E-state index contributed by atoms with van der Waals surface area (Å²) in [4.78, 5) is 10.6. The van der Waals surface area contributed by atoms with Crippen LogP contribution in [0.3, 0.4) is 0 Å². The molecule has 1 atom stereocenters. The average Bonchev–Trinajstić information content (AvgIpc) is 2.29. The predicted octanol–water partition coefficient (Wildman–Crippen LogP) is 1.67. The highest BCUT2D eigenvalue weighted by atomic mass is 16.7. The molecule has 0 aliphatic carbocycles. The van der Waals surface area contributed by atoms with E-state index in [1.807, 2.05) is 19.9 Å². The van der Waals surface area contributed by atoms with E-state index in [-0.39, 0.29) is 11.9 Å². The Bertz CT molecular complexity index is 218. The smallest absolute Gasteiger partial charge is 0.163 e. The molecule has 1 fully saturated rings. The van der Waals surface area contributed by atoms with Crippen LogP contribution in [0.25, 0.3) is 0 Å². The third-order valence-electron chi connectivity index (χ3n) is 1.82. The van der Waals surface area contributed by atoms with E-state index in [2.05, 4.69) is 0 Å². The lowest BCUT2D eigenvalue weighted by atomic mass is 10.2. The second kappa shape index (κ2) is 4.03. The average molecular weight is 184 g/mol. The second-order valence-electron chi connectivity index (χ2n) is 3.70. The topological polar surface area (TPSA) is 35.5 Å². The Morgan fingerprint density at radius 3 is 2.77 bits per heavy atom. The molecule has 0 amide bonds. The highest BCUT2D eigenvalue weighted by Crippen LogP contribution is 2.23. The summed E-state index contributed by atoms with van der Waals surface area (Å²) in [5.74, 6) is -0.396. The molecular weight excluding hydrogens is 168 g/mol. The predicted molar refractivity (Wildman–Crippen MR) is 49.3 cm³/mol. The molecule has 3 heteroatoms. The summed E-state index contributed by atoms with van der Waals surface area (Å²) < 4.78 is 10.9. The van der Waals surface area contributed by atoms with Crippen molar-refractivity contribution in [1.29, 1.82) is 0 Å². The number of hydrogen-bond acceptors (Lipinski definition) is 3. The zero-order valence-electron chi connectivity index (χ0n) is 8.37. The normalized spacial score (nSPS) is 26.8. The first-order valence-corrected chi connectivity index (χ1v) is 4.48. The van der Waals surface area contributed by atoms with Gasteiger partial charge in [-0.25, -0.2) is 0 Å². The molecular formula is C10H16O3. The first-order chi connectivity index (χ1) is 5.99. The summed E-state index contributed by atoms with van der Waals surface area (Å²) in [5.41, 5.74) is 0. The van der Waals surface area contributed by atoms with E-state index in [0.717, 1.165) is 6.42 Å². The highest BCUT2D eigenvalue weighted by molar-refractivity contribution is 5.87. The summed E-state index contributed by atoms with van der Waals surface area (Å²) >= 11 is 0. The van der Waals surface area contributed by atoms with Crippen LogP contribution in [-0.2, 0) is 14.3 Å². The van der Waals surface area contributed by atoms with E-state index in [9.17, 15) is 4.79 Å². The SMILES string of the molecule is CC(=O)/C=C/C[C@H]1COC(C)(C)O1. The van der Waals surface area contributed by atoms with Crippen molar-refractivity contribution < 1.29 is 14.3 Å². The minimum absolute atomic E-state index is 0.0678. The molecule has 1 aliphatic rings. The van der Waals surface area contributed by atoms with Gasteiger partial charge in [0.2, 0.25) is 0 Å². The molecule has 0 aromatic rings. The lowest BCUT2D eigenvalue weighted by molar-refractivity contribution is -0.137. The van der Waals surface area contributed by atoms with Crippen LogP contribution in [0.1, 0.15) is 27.2 Å². The molecule has 0 unspecified atom stereocenters. The van der Waals surface area contributed by atoms with Crippen molar-refractivity contribution in [1.82, 2.24) is 0 Å². The second-order valence-corrected chi connectivity index (χ2v) is 3.70. The molecule has 1 aliphatic heterocycles. The fourth-order valence-electron chi connectivity index (χ4n) is 1.26. The summed E-state index contributed by atoms with van der Waals surface area (Å²) in [7, 11) is 0. The van der Waals surface area contributed by atoms with Gasteiger partial charge >= 0.3 is 0 Å². The Hall–Kier alpha value is -0.670. The van der Waals surface area contributed by atoms with Gasteiger partial charge in [0.1, 0.15) is 0 Å². The molecule has 1 heterocycles. The standard InChI is InChI=1S/C10H16O3/c1-8(11)5-4-6-9-7-12-10(2,3)13-9/h4-5,9H,6-7H2,1-3H3/b5-4+/t9-/m0/s1. The third kappa shape index (κ3) is 3.70. The van der Waals surface area contributed by atoms with Gasteiger partial charge in [0.25, 0.3) is 0 Å². The van der Waals surface area contributed by atoms with E-state index >= 15 is 0 Å². The maximum atomic E-state index is 10.6. The Morgan fingerprint density at radius 1 is 1.62 bits per heavy atom. The fourth-order valence-corrected chi connectivity index (χ4v) is 1.26. The Kier molecular flexibility index (Phi) is 3.22. The van der Waals surface area contributed by atoms with Crippen LogP contribution in [0, 0.1) is 0 Å². The largest absolute Gasteiger partial charge is 0.348 e. The number of ketones is 1. The van der Waals surface area contributed by atoms with Gasteiger partial charge in [-0.05, 0) is 33.3 Å². The van der Waals surface area contributed by atoms with Crippen molar-refractivity contribution in [3.8, 4) is 0 Å². The lowest BCUT2D eigenvalue weighted by Gasteiger charge is -2.16. The zero-order chi connectivity index (χ0) is 9.90. The molecule has 0 N–H and O–H groups in total. The minimum atomic E-state index is -0.464. The number of carbonyl (C=O) groups excluding carboxylic acids is 1. The maximum Gasteiger partial charge on any atom is 0.163 e. The molecule has 0 radical (unpaired) electrons. The highest BCUT2D eigenvalue weighted by Gasteiger charge is 2.31. The third-order valence-corrected chi connectivity index (χ3v) is 1.82. The fraction of sp³-hybridized carbons (Fsp3) is 0.700. The van der Waals surface area contributed by atoms with Crippen molar-refractivity contribution in [3.63, 3.8) is 0 Å². The summed E-state index contributed by atoms with van der Waals surface area (Å²) in [6.07, 6.45) is 4.22. The van der Waals surface area contributed by atoms with Crippen LogP contribution < -0.4 is 0 Å². The van der Waals surface area contributed by atoms with Crippen molar-refractivity contribution >= 4 is 5.78 Å². The monoisotopic (exact) mass is 184 g/mol. The molecule has 0 bridgehead atoms. The van der Waals surface area contributed by atoms with Crippen LogP contribution in [0.15, 0.2) is 12.2 Å². The van der Waals surface area contributed by atoms with Gasteiger partial charge in [0, 0.05) is 0 Å². The number of carbonyl (C=O) groups is 1. The maximum absolute atomic E-state index is 10.6. The molecule has 0 aromatic heterocycles. The van der Waals surface area contributed by atoms with E-state index in [1.54, 1.807) is 6.08 Å². The van der Waals surface area contributed by atoms with E-state index in [1.165, 1.54) is 6.92 Å². The molecule has 13 heavy (non-hydrogen) atoms. The van der Waals surface area contributed by atoms with Gasteiger partial charge in [-0.1, -0.05) is 6.08 Å². The molecule has 1 saturated heterocycles.